The summed E-state index contributed by atoms with van der Waals surface area (Å²) in [5, 5.41) is 1.71. The van der Waals surface area contributed by atoms with E-state index >= 15 is 0 Å². The second-order valence-corrected chi connectivity index (χ2v) is 7.72. The van der Waals surface area contributed by atoms with Gasteiger partial charge < -0.3 is 4.57 Å². The van der Waals surface area contributed by atoms with Gasteiger partial charge in [-0.2, -0.15) is 0 Å². The molecule has 8 heteroatoms. The minimum absolute atomic E-state index is 0.207. The van der Waals surface area contributed by atoms with Gasteiger partial charge in [0.2, 0.25) is 10.0 Å². The molecule has 2 aromatic heterocycles. The molecule has 1 aromatic carbocycles. The van der Waals surface area contributed by atoms with Crippen LogP contribution >= 0.6 is 11.3 Å². The van der Waals surface area contributed by atoms with Gasteiger partial charge in [0, 0.05) is 20.0 Å². The Morgan fingerprint density at radius 2 is 2.14 bits per heavy atom. The lowest BCUT2D eigenvalue weighted by atomic mass is 10.3. The van der Waals surface area contributed by atoms with Crippen molar-refractivity contribution < 1.29 is 12.8 Å². The zero-order valence-electron chi connectivity index (χ0n) is 11.8. The molecule has 5 nitrogen and oxygen atoms in total. The minimum atomic E-state index is -3.48. The highest BCUT2D eigenvalue weighted by molar-refractivity contribution is 7.91. The third kappa shape index (κ3) is 2.77. The molecule has 0 saturated carbocycles. The lowest BCUT2D eigenvalue weighted by Crippen LogP contribution is -2.25. The Morgan fingerprint density at radius 3 is 2.82 bits per heavy atom. The SMILES string of the molecule is Cn1c(CCNS(=O)(=O)c2cccs2)nc2c(F)cccc21. The van der Waals surface area contributed by atoms with Crippen LogP contribution in [-0.2, 0) is 23.5 Å². The molecule has 3 rings (SSSR count). The first-order valence-electron chi connectivity index (χ1n) is 6.62. The van der Waals surface area contributed by atoms with Crippen molar-refractivity contribution in [1.29, 1.82) is 0 Å². The smallest absolute Gasteiger partial charge is 0.250 e. The lowest BCUT2D eigenvalue weighted by Gasteiger charge is -2.05. The number of aryl methyl sites for hydroxylation is 1. The first-order chi connectivity index (χ1) is 10.5. The number of fused-ring (bicyclic) bond motifs is 1. The monoisotopic (exact) mass is 339 g/mol. The van der Waals surface area contributed by atoms with Crippen LogP contribution in [0.1, 0.15) is 5.82 Å². The Bertz CT molecular complexity index is 902. The zero-order chi connectivity index (χ0) is 15.7. The average Bonchev–Trinajstić information content (AvgIpc) is 3.10. The van der Waals surface area contributed by atoms with Crippen LogP contribution in [0.4, 0.5) is 4.39 Å². The van der Waals surface area contributed by atoms with Gasteiger partial charge in [-0.05, 0) is 23.6 Å². The van der Waals surface area contributed by atoms with Crippen LogP contribution in [0.3, 0.4) is 0 Å². The molecule has 2 heterocycles. The van der Waals surface area contributed by atoms with Gasteiger partial charge in [-0.25, -0.2) is 22.5 Å². The summed E-state index contributed by atoms with van der Waals surface area (Å²) in [5.41, 5.74) is 0.997. The molecule has 0 amide bonds. The van der Waals surface area contributed by atoms with E-state index in [4.69, 9.17) is 0 Å². The normalized spacial score (nSPS) is 12.1. The number of para-hydroxylation sites is 1. The van der Waals surface area contributed by atoms with Crippen molar-refractivity contribution in [2.45, 2.75) is 10.6 Å². The predicted molar refractivity (Wildman–Crippen MR) is 83.9 cm³/mol. The molecule has 0 radical (unpaired) electrons. The summed E-state index contributed by atoms with van der Waals surface area (Å²) < 4.78 is 42.3. The molecule has 1 N–H and O–H groups in total. The van der Waals surface area contributed by atoms with Gasteiger partial charge in [0.1, 0.15) is 15.6 Å². The highest BCUT2D eigenvalue weighted by Crippen LogP contribution is 2.18. The number of halogens is 1. The van der Waals surface area contributed by atoms with E-state index in [2.05, 4.69) is 9.71 Å². The summed E-state index contributed by atoms with van der Waals surface area (Å²) in [6.45, 7) is 0.207. The largest absolute Gasteiger partial charge is 0.331 e. The molecule has 0 bridgehead atoms. The van der Waals surface area contributed by atoms with Crippen molar-refractivity contribution in [1.82, 2.24) is 14.3 Å². The van der Waals surface area contributed by atoms with Crippen LogP contribution in [-0.4, -0.2) is 24.5 Å². The van der Waals surface area contributed by atoms with Crippen LogP contribution in [0.15, 0.2) is 39.9 Å². The van der Waals surface area contributed by atoms with Crippen LogP contribution in [0.5, 0.6) is 0 Å². The topological polar surface area (TPSA) is 64.0 Å². The van der Waals surface area contributed by atoms with E-state index in [1.54, 1.807) is 41.3 Å². The first kappa shape index (κ1) is 15.1. The van der Waals surface area contributed by atoms with Gasteiger partial charge in [-0.15, -0.1) is 11.3 Å². The number of hydrogen-bond donors (Lipinski definition) is 1. The molecule has 22 heavy (non-hydrogen) atoms. The van der Waals surface area contributed by atoms with Gasteiger partial charge in [-0.1, -0.05) is 12.1 Å². The second kappa shape index (κ2) is 5.79. The molecule has 0 aliphatic rings. The van der Waals surface area contributed by atoms with E-state index in [0.29, 0.717) is 23.3 Å². The number of nitrogens with zero attached hydrogens (tertiary/aromatic N) is 2. The summed E-state index contributed by atoms with van der Waals surface area (Å²) in [4.78, 5) is 4.25. The van der Waals surface area contributed by atoms with E-state index in [0.717, 1.165) is 11.3 Å². The molecule has 0 spiro atoms. The molecule has 0 fully saturated rings. The third-order valence-corrected chi connectivity index (χ3v) is 6.21. The predicted octanol–water partition coefficient (Wildman–Crippen LogP) is 2.29. The molecule has 3 aromatic rings. The third-order valence-electron chi connectivity index (χ3n) is 3.36. The Kier molecular flexibility index (Phi) is 3.98. The number of rotatable bonds is 5. The summed E-state index contributed by atoms with van der Waals surface area (Å²) in [7, 11) is -1.69. The van der Waals surface area contributed by atoms with E-state index in [1.807, 2.05) is 0 Å². The van der Waals surface area contributed by atoms with Crippen molar-refractivity contribution in [3.8, 4) is 0 Å². The van der Waals surface area contributed by atoms with E-state index in [-0.39, 0.29) is 16.6 Å². The molecule has 0 aliphatic carbocycles. The molecule has 0 aliphatic heterocycles. The number of benzene rings is 1. The quantitative estimate of drug-likeness (QED) is 0.776. The maximum atomic E-state index is 13.7. The van der Waals surface area contributed by atoms with Crippen LogP contribution in [0, 0.1) is 5.82 Å². The van der Waals surface area contributed by atoms with Gasteiger partial charge in [0.05, 0.1) is 5.52 Å². The number of sulfonamides is 1. The maximum Gasteiger partial charge on any atom is 0.250 e. The average molecular weight is 339 g/mol. The van der Waals surface area contributed by atoms with Gasteiger partial charge >= 0.3 is 0 Å². The fourth-order valence-corrected chi connectivity index (χ4v) is 4.31. The maximum absolute atomic E-state index is 13.7. The molecule has 0 atom stereocenters. The summed E-state index contributed by atoms with van der Waals surface area (Å²) in [6.07, 6.45) is 0.384. The highest BCUT2D eigenvalue weighted by Gasteiger charge is 2.16. The number of aromatic nitrogens is 2. The van der Waals surface area contributed by atoms with Crippen molar-refractivity contribution in [3.63, 3.8) is 0 Å². The van der Waals surface area contributed by atoms with E-state index in [9.17, 15) is 12.8 Å². The van der Waals surface area contributed by atoms with E-state index < -0.39 is 10.0 Å². The summed E-state index contributed by atoms with van der Waals surface area (Å²) in [6, 6.07) is 8.01. The number of nitrogens with one attached hydrogen (secondary N) is 1. The molecular weight excluding hydrogens is 325 g/mol. The zero-order valence-corrected chi connectivity index (χ0v) is 13.4. The Morgan fingerprint density at radius 1 is 1.32 bits per heavy atom. The minimum Gasteiger partial charge on any atom is -0.331 e. The number of thiophene rings is 1. The fraction of sp³-hybridized carbons (Fsp3) is 0.214. The molecule has 0 saturated heterocycles. The Hall–Kier alpha value is -1.77. The van der Waals surface area contributed by atoms with Crippen LogP contribution in [0.2, 0.25) is 0 Å². The van der Waals surface area contributed by atoms with Gasteiger partial charge in [-0.3, -0.25) is 0 Å². The number of hydrogen-bond acceptors (Lipinski definition) is 4. The van der Waals surface area contributed by atoms with Gasteiger partial charge in [0.15, 0.2) is 5.82 Å². The summed E-state index contributed by atoms with van der Waals surface area (Å²) >= 11 is 1.16. The summed E-state index contributed by atoms with van der Waals surface area (Å²) in [5.74, 6) is 0.257. The van der Waals surface area contributed by atoms with Gasteiger partial charge in [0.25, 0.3) is 0 Å². The number of imidazole rings is 1. The van der Waals surface area contributed by atoms with Crippen LogP contribution in [0.25, 0.3) is 11.0 Å². The van der Waals surface area contributed by atoms with Crippen molar-refractivity contribution >= 4 is 32.4 Å². The first-order valence-corrected chi connectivity index (χ1v) is 8.98. The van der Waals surface area contributed by atoms with Crippen molar-refractivity contribution in [3.05, 3.63) is 47.4 Å². The van der Waals surface area contributed by atoms with Crippen molar-refractivity contribution in [2.75, 3.05) is 6.54 Å². The van der Waals surface area contributed by atoms with Crippen molar-refractivity contribution in [2.24, 2.45) is 7.05 Å². The van der Waals surface area contributed by atoms with E-state index in [1.165, 1.54) is 6.07 Å². The Labute approximate surface area is 131 Å². The van der Waals surface area contributed by atoms with Crippen LogP contribution < -0.4 is 4.72 Å². The lowest BCUT2D eigenvalue weighted by molar-refractivity contribution is 0.582. The molecular formula is C14H14FN3O2S2. The molecule has 116 valence electrons. The molecule has 0 unspecified atom stereocenters. The standard InChI is InChI=1S/C14H14FN3O2S2/c1-18-11-5-2-4-10(15)14(11)17-12(18)7-8-16-22(19,20)13-6-3-9-21-13/h2-6,9,16H,7-8H2,1H3. The second-order valence-electron chi connectivity index (χ2n) is 4.77. The Balaban J connectivity index is 1.75. The highest BCUT2D eigenvalue weighted by atomic mass is 32.2. The fourth-order valence-electron chi connectivity index (χ4n) is 2.24.